The number of fused-ring (bicyclic) bond motifs is 5. The lowest BCUT2D eigenvalue weighted by molar-refractivity contribution is -0.275. The fourth-order valence-electron chi connectivity index (χ4n) is 11.3. The first kappa shape index (κ1) is 26.4. The Morgan fingerprint density at radius 1 is 0.800 bits per heavy atom. The topological polar surface area (TPSA) is 90.2 Å². The molecule has 0 amide bonds. The van der Waals surface area contributed by atoms with E-state index >= 15 is 0 Å². The molecule has 4 saturated carbocycles. The summed E-state index contributed by atoms with van der Waals surface area (Å²) in [6, 6.07) is 0. The van der Waals surface area contributed by atoms with Crippen molar-refractivity contribution in [2.75, 3.05) is 0 Å². The molecule has 1 heterocycles. The lowest BCUT2D eigenvalue weighted by Crippen LogP contribution is -2.69. The van der Waals surface area contributed by atoms with Crippen molar-refractivity contribution < 1.29 is 25.2 Å². The van der Waals surface area contributed by atoms with Crippen LogP contribution in [0.4, 0.5) is 0 Å². The van der Waals surface area contributed by atoms with Gasteiger partial charge in [0.1, 0.15) is 0 Å². The van der Waals surface area contributed by atoms with Crippen molar-refractivity contribution in [3.63, 3.8) is 0 Å². The van der Waals surface area contributed by atoms with Gasteiger partial charge in [-0.15, -0.1) is 0 Å². The van der Waals surface area contributed by atoms with Gasteiger partial charge >= 0.3 is 0 Å². The summed E-state index contributed by atoms with van der Waals surface area (Å²) in [7, 11) is 0. The molecule has 5 heteroatoms. The van der Waals surface area contributed by atoms with E-state index in [1.807, 2.05) is 13.8 Å². The fourth-order valence-corrected chi connectivity index (χ4v) is 11.3. The summed E-state index contributed by atoms with van der Waals surface area (Å²) in [6.45, 7) is 17.3. The molecule has 0 aromatic heterocycles. The van der Waals surface area contributed by atoms with E-state index in [1.54, 1.807) is 0 Å². The van der Waals surface area contributed by atoms with Crippen LogP contribution in [-0.4, -0.2) is 56.0 Å². The third-order valence-electron chi connectivity index (χ3n) is 13.1. The van der Waals surface area contributed by atoms with Gasteiger partial charge in [0, 0.05) is 0 Å². The van der Waals surface area contributed by atoms with Crippen molar-refractivity contribution in [2.24, 2.45) is 45.3 Å². The number of hydrogen-bond donors (Lipinski definition) is 4. The van der Waals surface area contributed by atoms with Gasteiger partial charge in [0.15, 0.2) is 0 Å². The Labute approximate surface area is 213 Å². The molecule has 1 aliphatic heterocycles. The first-order valence-electron chi connectivity index (χ1n) is 14.4. The van der Waals surface area contributed by atoms with E-state index in [-0.39, 0.29) is 51.1 Å². The second-order valence-corrected chi connectivity index (χ2v) is 15.6. The van der Waals surface area contributed by atoms with E-state index < -0.39 is 23.9 Å². The zero-order valence-corrected chi connectivity index (χ0v) is 23.5. The smallest absolute Gasteiger partial charge is 0.0865 e. The third kappa shape index (κ3) is 3.36. The maximum Gasteiger partial charge on any atom is 0.0865 e. The van der Waals surface area contributed by atoms with Crippen LogP contribution in [0.25, 0.3) is 0 Å². The zero-order valence-electron chi connectivity index (χ0n) is 23.5. The Morgan fingerprint density at radius 2 is 1.46 bits per heavy atom. The van der Waals surface area contributed by atoms with Crippen molar-refractivity contribution >= 4 is 0 Å². The van der Waals surface area contributed by atoms with Crippen molar-refractivity contribution in [1.82, 2.24) is 0 Å². The number of aliphatic hydroxyl groups excluding tert-OH is 3. The Hall–Kier alpha value is -0.200. The van der Waals surface area contributed by atoms with Gasteiger partial charge < -0.3 is 25.2 Å². The van der Waals surface area contributed by atoms with Gasteiger partial charge in [-0.1, -0.05) is 34.6 Å². The molecular formula is C30H52O5. The van der Waals surface area contributed by atoms with Crippen LogP contribution in [0.2, 0.25) is 0 Å². The third-order valence-corrected chi connectivity index (χ3v) is 13.1. The standard InChI is InChI=1S/C30H52O5/c1-25(2)21(33)10-12-27(5)20-15-18(31)23-17(30(8)14-11-22(35-30)26(3,4)34)9-13-28(23,6)29(20,7)16-19(32)24(25)27/h17-24,31-34H,9-16H2,1-8H3/t17-,18+,19-,20+,21-,22+,23-,24-,27+,28+,29+,30-/m0/s1. The predicted molar refractivity (Wildman–Crippen MR) is 137 cm³/mol. The molecule has 0 bridgehead atoms. The number of ether oxygens (including phenoxy) is 1. The normalized spacial score (nSPS) is 57.9. The average Bonchev–Trinajstić information content (AvgIpc) is 3.30. The van der Waals surface area contributed by atoms with Crippen LogP contribution in [-0.2, 0) is 4.74 Å². The lowest BCUT2D eigenvalue weighted by Gasteiger charge is -2.71. The fraction of sp³-hybridized carbons (Fsp3) is 1.00. The highest BCUT2D eigenvalue weighted by Crippen LogP contribution is 2.76. The molecule has 5 fully saturated rings. The van der Waals surface area contributed by atoms with Crippen LogP contribution in [0.15, 0.2) is 0 Å². The Morgan fingerprint density at radius 3 is 2.06 bits per heavy atom. The SMILES string of the molecule is CC(C)(O)[C@H]1CC[C@@](C)([C@H]2CC[C@]3(C)[C@@H]2[C@H](O)C[C@@H]2[C@@]4(C)CC[C@H](O)C(C)(C)[C@@H]4[C@@H](O)C[C@]23C)O1. The average molecular weight is 493 g/mol. The summed E-state index contributed by atoms with van der Waals surface area (Å²) in [5.74, 6) is 0.722. The van der Waals surface area contributed by atoms with E-state index in [4.69, 9.17) is 4.74 Å². The molecule has 0 radical (unpaired) electrons. The summed E-state index contributed by atoms with van der Waals surface area (Å²) in [5, 5.41) is 45.2. The minimum absolute atomic E-state index is 0.0320. The van der Waals surface area contributed by atoms with Gasteiger partial charge in [0.2, 0.25) is 0 Å². The van der Waals surface area contributed by atoms with E-state index in [2.05, 4.69) is 41.5 Å². The molecule has 5 nitrogen and oxygen atoms in total. The number of aliphatic hydroxyl groups is 4. The minimum atomic E-state index is -0.864. The van der Waals surface area contributed by atoms with Gasteiger partial charge in [-0.25, -0.2) is 0 Å². The first-order valence-corrected chi connectivity index (χ1v) is 14.4. The van der Waals surface area contributed by atoms with Crippen LogP contribution in [0, 0.1) is 45.3 Å². The Balaban J connectivity index is 1.51. The molecule has 202 valence electrons. The summed E-state index contributed by atoms with van der Waals surface area (Å²) < 4.78 is 6.64. The zero-order chi connectivity index (χ0) is 26.0. The lowest BCUT2D eigenvalue weighted by atomic mass is 9.34. The quantitative estimate of drug-likeness (QED) is 0.449. The van der Waals surface area contributed by atoms with E-state index in [1.165, 1.54) is 0 Å². The summed E-state index contributed by atoms with van der Waals surface area (Å²) in [6.07, 6.45) is 5.61. The second-order valence-electron chi connectivity index (χ2n) is 15.6. The summed E-state index contributed by atoms with van der Waals surface area (Å²) >= 11 is 0. The minimum Gasteiger partial charge on any atom is -0.393 e. The van der Waals surface area contributed by atoms with E-state index in [0.29, 0.717) is 5.92 Å². The van der Waals surface area contributed by atoms with Crippen molar-refractivity contribution in [2.45, 2.75) is 142 Å². The molecule has 5 rings (SSSR count). The molecule has 12 atom stereocenters. The highest BCUT2D eigenvalue weighted by molar-refractivity contribution is 5.22. The molecule has 0 aromatic carbocycles. The Kier molecular flexibility index (Phi) is 5.80. The molecule has 4 aliphatic carbocycles. The molecule has 1 saturated heterocycles. The summed E-state index contributed by atoms with van der Waals surface area (Å²) in [4.78, 5) is 0. The van der Waals surface area contributed by atoms with Gasteiger partial charge in [-0.2, -0.15) is 0 Å². The summed E-state index contributed by atoms with van der Waals surface area (Å²) in [5.41, 5.74) is -1.83. The van der Waals surface area contributed by atoms with Gasteiger partial charge in [-0.05, 0) is 117 Å². The van der Waals surface area contributed by atoms with Crippen molar-refractivity contribution in [1.29, 1.82) is 0 Å². The Bertz CT molecular complexity index is 850. The molecule has 0 aromatic rings. The van der Waals surface area contributed by atoms with E-state index in [0.717, 1.165) is 51.4 Å². The van der Waals surface area contributed by atoms with Gasteiger partial charge in [0.05, 0.1) is 35.6 Å². The molecule has 0 spiro atoms. The highest BCUT2D eigenvalue weighted by Gasteiger charge is 2.73. The molecule has 35 heavy (non-hydrogen) atoms. The monoisotopic (exact) mass is 492 g/mol. The predicted octanol–water partition coefficient (Wildman–Crippen LogP) is 4.68. The van der Waals surface area contributed by atoms with Crippen LogP contribution in [0.5, 0.6) is 0 Å². The number of hydrogen-bond acceptors (Lipinski definition) is 5. The van der Waals surface area contributed by atoms with Crippen molar-refractivity contribution in [3.05, 3.63) is 0 Å². The van der Waals surface area contributed by atoms with Crippen LogP contribution >= 0.6 is 0 Å². The molecule has 0 unspecified atom stereocenters. The van der Waals surface area contributed by atoms with E-state index in [9.17, 15) is 20.4 Å². The first-order chi connectivity index (χ1) is 15.9. The second kappa shape index (κ2) is 7.68. The van der Waals surface area contributed by atoms with Gasteiger partial charge in [0.25, 0.3) is 0 Å². The maximum absolute atomic E-state index is 11.9. The highest BCUT2D eigenvalue weighted by atomic mass is 16.5. The molecular weight excluding hydrogens is 440 g/mol. The van der Waals surface area contributed by atoms with Crippen molar-refractivity contribution in [3.8, 4) is 0 Å². The van der Waals surface area contributed by atoms with Gasteiger partial charge in [-0.3, -0.25) is 0 Å². The maximum atomic E-state index is 11.9. The molecule has 5 aliphatic rings. The molecule has 4 N–H and O–H groups in total. The van der Waals surface area contributed by atoms with Crippen LogP contribution in [0.1, 0.15) is 107 Å². The largest absolute Gasteiger partial charge is 0.393 e. The van der Waals surface area contributed by atoms with Crippen LogP contribution < -0.4 is 0 Å². The number of rotatable bonds is 2. The van der Waals surface area contributed by atoms with Crippen LogP contribution in [0.3, 0.4) is 0 Å².